The Morgan fingerprint density at radius 3 is 2.78 bits per heavy atom. The Balaban J connectivity index is 1.47. The number of carbonyl (C=O) groups excluding carboxylic acids is 2. The van der Waals surface area contributed by atoms with E-state index in [-0.39, 0.29) is 17.8 Å². The van der Waals surface area contributed by atoms with Crippen molar-refractivity contribution in [2.45, 2.75) is 33.2 Å². The number of piperidine rings is 1. The van der Waals surface area contributed by atoms with Gasteiger partial charge in [-0.1, -0.05) is 6.07 Å². The predicted molar refractivity (Wildman–Crippen MR) is 104 cm³/mol. The fraction of sp³-hybridized carbons (Fsp3) is 0.474. The zero-order valence-corrected chi connectivity index (χ0v) is 16.4. The summed E-state index contributed by atoms with van der Waals surface area (Å²) in [5.74, 6) is 0.269. The lowest BCUT2D eigenvalue weighted by molar-refractivity contribution is -0.121. The summed E-state index contributed by atoms with van der Waals surface area (Å²) in [7, 11) is 0. The normalized spacial score (nSPS) is 15.5. The molecule has 1 fully saturated rings. The monoisotopic (exact) mass is 388 g/mol. The number of thiazole rings is 1. The van der Waals surface area contributed by atoms with Gasteiger partial charge in [0.25, 0.3) is 0 Å². The summed E-state index contributed by atoms with van der Waals surface area (Å²) in [5.41, 5.74) is 1.75. The molecule has 144 valence electrons. The van der Waals surface area contributed by atoms with Gasteiger partial charge in [0.15, 0.2) is 0 Å². The summed E-state index contributed by atoms with van der Waals surface area (Å²) in [6.45, 7) is 6.37. The van der Waals surface area contributed by atoms with E-state index in [2.05, 4.69) is 20.2 Å². The lowest BCUT2D eigenvalue weighted by Gasteiger charge is -2.30. The third kappa shape index (κ3) is 5.33. The smallest absolute Gasteiger partial charge is 0.367 e. The van der Waals surface area contributed by atoms with E-state index in [4.69, 9.17) is 4.74 Å². The van der Waals surface area contributed by atoms with Crippen LogP contribution >= 0.6 is 11.3 Å². The highest BCUT2D eigenvalue weighted by Gasteiger charge is 2.26. The van der Waals surface area contributed by atoms with Gasteiger partial charge in [0.1, 0.15) is 5.82 Å². The quantitative estimate of drug-likeness (QED) is 0.766. The Labute approximate surface area is 162 Å². The zero-order chi connectivity index (χ0) is 19.2. The van der Waals surface area contributed by atoms with Gasteiger partial charge in [-0.2, -0.15) is 0 Å². The van der Waals surface area contributed by atoms with E-state index in [1.807, 2.05) is 30.5 Å². The Bertz CT molecular complexity index is 800. The van der Waals surface area contributed by atoms with Crippen molar-refractivity contribution >= 4 is 29.0 Å². The van der Waals surface area contributed by atoms with Gasteiger partial charge < -0.3 is 10.1 Å². The van der Waals surface area contributed by atoms with Gasteiger partial charge >= 0.3 is 5.97 Å². The predicted octanol–water partition coefficient (Wildman–Crippen LogP) is 2.87. The van der Waals surface area contributed by atoms with Crippen molar-refractivity contribution in [3.8, 4) is 0 Å². The molecule has 8 heteroatoms. The number of anilines is 1. The second kappa shape index (κ2) is 9.05. The van der Waals surface area contributed by atoms with Crippen molar-refractivity contribution in [1.29, 1.82) is 0 Å². The van der Waals surface area contributed by atoms with Crippen LogP contribution < -0.4 is 5.32 Å². The minimum Gasteiger partial charge on any atom is -0.461 e. The minimum atomic E-state index is -0.367. The first-order valence-corrected chi connectivity index (χ1v) is 10.0. The molecule has 2 aromatic heterocycles. The van der Waals surface area contributed by atoms with E-state index in [1.165, 1.54) is 11.3 Å². The first-order chi connectivity index (χ1) is 13.0. The molecule has 0 atom stereocenters. The maximum atomic E-state index is 12.5. The Morgan fingerprint density at radius 1 is 1.30 bits per heavy atom. The molecule has 1 aliphatic rings. The first kappa shape index (κ1) is 19.4. The average molecular weight is 388 g/mol. The number of hydrogen-bond donors (Lipinski definition) is 1. The van der Waals surface area contributed by atoms with Crippen molar-refractivity contribution in [3.05, 3.63) is 40.0 Å². The van der Waals surface area contributed by atoms with Crippen LogP contribution in [0.25, 0.3) is 0 Å². The number of aryl methyl sites for hydroxylation is 1. The second-order valence-corrected chi connectivity index (χ2v) is 7.43. The largest absolute Gasteiger partial charge is 0.461 e. The molecule has 3 heterocycles. The van der Waals surface area contributed by atoms with Crippen LogP contribution in [0.3, 0.4) is 0 Å². The number of amides is 1. The van der Waals surface area contributed by atoms with E-state index >= 15 is 0 Å². The molecule has 3 rings (SSSR count). The molecule has 0 aliphatic carbocycles. The number of nitrogens with one attached hydrogen (secondary N) is 1. The van der Waals surface area contributed by atoms with Crippen molar-refractivity contribution in [2.75, 3.05) is 25.0 Å². The number of likely N-dealkylation sites (tertiary alicyclic amines) is 1. The van der Waals surface area contributed by atoms with Crippen LogP contribution in [0, 0.1) is 12.8 Å². The highest BCUT2D eigenvalue weighted by atomic mass is 32.1. The van der Waals surface area contributed by atoms with Crippen LogP contribution in [0.15, 0.2) is 23.6 Å². The maximum absolute atomic E-state index is 12.5. The number of pyridine rings is 1. The Hall–Kier alpha value is -2.32. The lowest BCUT2D eigenvalue weighted by Crippen LogP contribution is -2.38. The van der Waals surface area contributed by atoms with Crippen molar-refractivity contribution in [1.82, 2.24) is 14.9 Å². The molecule has 0 aromatic carbocycles. The van der Waals surface area contributed by atoms with E-state index in [9.17, 15) is 9.59 Å². The summed E-state index contributed by atoms with van der Waals surface area (Å²) < 4.78 is 4.97. The minimum absolute atomic E-state index is 0.00547. The van der Waals surface area contributed by atoms with Crippen LogP contribution in [0.1, 0.15) is 41.0 Å². The molecule has 1 aliphatic heterocycles. The number of rotatable bonds is 6. The van der Waals surface area contributed by atoms with E-state index in [0.717, 1.165) is 37.3 Å². The molecule has 0 saturated carbocycles. The third-order valence-corrected chi connectivity index (χ3v) is 5.36. The van der Waals surface area contributed by atoms with Gasteiger partial charge in [-0.15, -0.1) is 11.3 Å². The Kier molecular flexibility index (Phi) is 6.52. The van der Waals surface area contributed by atoms with E-state index in [1.54, 1.807) is 6.92 Å². The van der Waals surface area contributed by atoms with Gasteiger partial charge in [-0.3, -0.25) is 9.69 Å². The number of esters is 1. The van der Waals surface area contributed by atoms with Crippen LogP contribution in [0.4, 0.5) is 5.82 Å². The molecule has 1 saturated heterocycles. The van der Waals surface area contributed by atoms with Crippen LogP contribution in [0.5, 0.6) is 0 Å². The van der Waals surface area contributed by atoms with Crippen LogP contribution in [0.2, 0.25) is 0 Å². The molecule has 0 radical (unpaired) electrons. The van der Waals surface area contributed by atoms with Crippen molar-refractivity contribution in [3.63, 3.8) is 0 Å². The standard InChI is InChI=1S/C19H24N4O3S/c1-3-26-19(25)18-21-15(12-27-18)11-23-9-7-14(8-10-23)17(24)22-16-6-4-5-13(2)20-16/h4-6,12,14H,3,7-11H2,1-2H3,(H,20,22,24). The molecule has 0 spiro atoms. The number of ether oxygens (including phenoxy) is 1. The fourth-order valence-corrected chi connectivity index (χ4v) is 3.79. The SMILES string of the molecule is CCOC(=O)c1nc(CN2CCC(C(=O)Nc3cccc(C)n3)CC2)cs1. The number of carbonyl (C=O) groups is 2. The number of aromatic nitrogens is 2. The van der Waals surface area contributed by atoms with Crippen LogP contribution in [-0.2, 0) is 16.1 Å². The summed E-state index contributed by atoms with van der Waals surface area (Å²) >= 11 is 1.31. The Morgan fingerprint density at radius 2 is 2.07 bits per heavy atom. The lowest BCUT2D eigenvalue weighted by atomic mass is 9.96. The fourth-order valence-electron chi connectivity index (χ4n) is 3.09. The first-order valence-electron chi connectivity index (χ1n) is 9.13. The van der Waals surface area contributed by atoms with Gasteiger partial charge in [0.05, 0.1) is 12.3 Å². The molecular weight excluding hydrogens is 364 g/mol. The zero-order valence-electron chi connectivity index (χ0n) is 15.6. The number of nitrogens with zero attached hydrogens (tertiary/aromatic N) is 3. The summed E-state index contributed by atoms with van der Waals surface area (Å²) in [4.78, 5) is 35.1. The van der Waals surface area contributed by atoms with Gasteiger partial charge in [0.2, 0.25) is 10.9 Å². The topological polar surface area (TPSA) is 84.4 Å². The number of hydrogen-bond acceptors (Lipinski definition) is 7. The van der Waals surface area contributed by atoms with Crippen LogP contribution in [-0.4, -0.2) is 46.4 Å². The molecule has 0 unspecified atom stereocenters. The summed E-state index contributed by atoms with van der Waals surface area (Å²) in [5, 5.41) is 5.21. The highest BCUT2D eigenvalue weighted by Crippen LogP contribution is 2.21. The van der Waals surface area contributed by atoms with E-state index in [0.29, 0.717) is 24.0 Å². The molecular formula is C19H24N4O3S. The molecule has 1 N–H and O–H groups in total. The second-order valence-electron chi connectivity index (χ2n) is 6.57. The van der Waals surface area contributed by atoms with Crippen molar-refractivity contribution in [2.24, 2.45) is 5.92 Å². The molecule has 2 aromatic rings. The van der Waals surface area contributed by atoms with Gasteiger partial charge in [0, 0.05) is 23.5 Å². The molecule has 1 amide bonds. The average Bonchev–Trinajstić information content (AvgIpc) is 3.11. The van der Waals surface area contributed by atoms with E-state index < -0.39 is 0 Å². The third-order valence-electron chi connectivity index (χ3n) is 4.49. The van der Waals surface area contributed by atoms with Gasteiger partial charge in [-0.25, -0.2) is 14.8 Å². The molecule has 7 nitrogen and oxygen atoms in total. The summed E-state index contributed by atoms with van der Waals surface area (Å²) in [6, 6.07) is 5.60. The van der Waals surface area contributed by atoms with Crippen molar-refractivity contribution < 1.29 is 14.3 Å². The maximum Gasteiger partial charge on any atom is 0.367 e. The highest BCUT2D eigenvalue weighted by molar-refractivity contribution is 7.11. The molecule has 27 heavy (non-hydrogen) atoms. The summed E-state index contributed by atoms with van der Waals surface area (Å²) in [6.07, 6.45) is 1.60. The molecule has 0 bridgehead atoms. The van der Waals surface area contributed by atoms with Gasteiger partial charge in [-0.05, 0) is 51.9 Å².